The maximum absolute atomic E-state index is 5.23. The van der Waals surface area contributed by atoms with Crippen LogP contribution < -0.4 is 0 Å². The highest BCUT2D eigenvalue weighted by Crippen LogP contribution is 2.14. The molecule has 0 aliphatic rings. The van der Waals surface area contributed by atoms with Crippen molar-refractivity contribution in [2.45, 2.75) is 25.9 Å². The van der Waals surface area contributed by atoms with Crippen molar-refractivity contribution < 1.29 is 9.47 Å². The van der Waals surface area contributed by atoms with Gasteiger partial charge in [0.25, 0.3) is 0 Å². The minimum absolute atomic E-state index is 0.190. The second-order valence-electron chi connectivity index (χ2n) is 2.83. The Morgan fingerprint density at radius 1 is 1.27 bits per heavy atom. The fraction of sp³-hybridized carbons (Fsp3) is 0.556. The summed E-state index contributed by atoms with van der Waals surface area (Å²) in [6.45, 7) is 11.5. The molecule has 0 radical (unpaired) electrons. The SMILES string of the molecule is C=COCCC(C)(C)OC=C. The third-order valence-corrected chi connectivity index (χ3v) is 1.34. The Morgan fingerprint density at radius 2 is 1.91 bits per heavy atom. The van der Waals surface area contributed by atoms with E-state index in [9.17, 15) is 0 Å². The normalized spacial score (nSPS) is 10.4. The maximum atomic E-state index is 5.23. The number of ether oxygens (including phenoxy) is 2. The molecule has 64 valence electrons. The molecule has 0 aliphatic heterocycles. The fourth-order valence-electron chi connectivity index (χ4n) is 0.673. The van der Waals surface area contributed by atoms with Gasteiger partial charge >= 0.3 is 0 Å². The zero-order chi connectivity index (χ0) is 8.74. The Kier molecular flexibility index (Phi) is 4.42. The molecule has 0 spiro atoms. The topological polar surface area (TPSA) is 18.5 Å². The summed E-state index contributed by atoms with van der Waals surface area (Å²) in [6.07, 6.45) is 3.71. The average Bonchev–Trinajstić information content (AvgIpc) is 1.87. The highest BCUT2D eigenvalue weighted by atomic mass is 16.5. The first-order chi connectivity index (χ1) is 5.12. The Labute approximate surface area is 68.5 Å². The lowest BCUT2D eigenvalue weighted by molar-refractivity contribution is 0.0314. The van der Waals surface area contributed by atoms with Gasteiger partial charge in [0.1, 0.15) is 5.60 Å². The molecule has 0 aromatic rings. The molecule has 0 amide bonds. The van der Waals surface area contributed by atoms with E-state index in [1.807, 2.05) is 13.8 Å². The summed E-state index contributed by atoms with van der Waals surface area (Å²) >= 11 is 0. The summed E-state index contributed by atoms with van der Waals surface area (Å²) in [5.74, 6) is 0. The van der Waals surface area contributed by atoms with Gasteiger partial charge in [0.05, 0.1) is 19.1 Å². The molecule has 0 bridgehead atoms. The molecule has 0 rings (SSSR count). The molecule has 0 aromatic heterocycles. The Hall–Kier alpha value is -0.920. The predicted octanol–water partition coefficient (Wildman–Crippen LogP) is 2.48. The van der Waals surface area contributed by atoms with Gasteiger partial charge in [-0.3, -0.25) is 0 Å². The molecule has 0 saturated carbocycles. The molecule has 0 unspecified atom stereocenters. The van der Waals surface area contributed by atoms with Crippen molar-refractivity contribution in [1.82, 2.24) is 0 Å². The van der Waals surface area contributed by atoms with Crippen LogP contribution in [0.3, 0.4) is 0 Å². The van der Waals surface area contributed by atoms with E-state index >= 15 is 0 Å². The predicted molar refractivity (Wildman–Crippen MR) is 46.1 cm³/mol. The van der Waals surface area contributed by atoms with Crippen molar-refractivity contribution in [2.24, 2.45) is 0 Å². The van der Waals surface area contributed by atoms with E-state index in [0.717, 1.165) is 6.42 Å². The van der Waals surface area contributed by atoms with E-state index in [1.54, 1.807) is 0 Å². The third-order valence-electron chi connectivity index (χ3n) is 1.34. The summed E-state index contributed by atoms with van der Waals surface area (Å²) in [4.78, 5) is 0. The van der Waals surface area contributed by atoms with E-state index in [4.69, 9.17) is 9.47 Å². The van der Waals surface area contributed by atoms with Gasteiger partial charge < -0.3 is 9.47 Å². The van der Waals surface area contributed by atoms with Crippen LogP contribution in [0.5, 0.6) is 0 Å². The highest BCUT2D eigenvalue weighted by Gasteiger charge is 2.16. The zero-order valence-corrected chi connectivity index (χ0v) is 7.30. The van der Waals surface area contributed by atoms with E-state index in [1.165, 1.54) is 12.5 Å². The molecule has 0 heterocycles. The van der Waals surface area contributed by atoms with E-state index < -0.39 is 0 Å². The molecule has 0 N–H and O–H groups in total. The zero-order valence-electron chi connectivity index (χ0n) is 7.30. The lowest BCUT2D eigenvalue weighted by Crippen LogP contribution is -2.23. The first-order valence-electron chi connectivity index (χ1n) is 3.63. The third kappa shape index (κ3) is 5.52. The second kappa shape index (κ2) is 4.83. The molecule has 0 saturated heterocycles. The monoisotopic (exact) mass is 156 g/mol. The summed E-state index contributed by atoms with van der Waals surface area (Å²) in [5.41, 5.74) is -0.190. The Balaban J connectivity index is 3.53. The van der Waals surface area contributed by atoms with Crippen LogP contribution in [0.1, 0.15) is 20.3 Å². The van der Waals surface area contributed by atoms with E-state index in [0.29, 0.717) is 6.61 Å². The van der Waals surface area contributed by atoms with Crippen molar-refractivity contribution in [1.29, 1.82) is 0 Å². The van der Waals surface area contributed by atoms with Gasteiger partial charge in [-0.1, -0.05) is 13.2 Å². The quantitative estimate of drug-likeness (QED) is 0.434. The molecule has 11 heavy (non-hydrogen) atoms. The minimum Gasteiger partial charge on any atom is -0.502 e. The first-order valence-corrected chi connectivity index (χ1v) is 3.63. The smallest absolute Gasteiger partial charge is 0.106 e. The van der Waals surface area contributed by atoms with Crippen LogP contribution in [0.2, 0.25) is 0 Å². The molecule has 0 atom stereocenters. The number of rotatable bonds is 6. The maximum Gasteiger partial charge on any atom is 0.106 e. The van der Waals surface area contributed by atoms with Crippen molar-refractivity contribution in [3.63, 3.8) is 0 Å². The highest BCUT2D eigenvalue weighted by molar-refractivity contribution is 4.71. The van der Waals surface area contributed by atoms with Gasteiger partial charge in [-0.15, -0.1) is 0 Å². The molecule has 0 aromatic carbocycles. The van der Waals surface area contributed by atoms with Crippen molar-refractivity contribution in [3.05, 3.63) is 25.7 Å². The van der Waals surface area contributed by atoms with Crippen LogP contribution in [0.15, 0.2) is 25.7 Å². The lowest BCUT2D eigenvalue weighted by Gasteiger charge is -2.23. The minimum atomic E-state index is -0.190. The van der Waals surface area contributed by atoms with Crippen molar-refractivity contribution in [3.8, 4) is 0 Å². The average molecular weight is 156 g/mol. The Bertz CT molecular complexity index is 128. The van der Waals surface area contributed by atoms with Crippen LogP contribution in [-0.4, -0.2) is 12.2 Å². The first kappa shape index (κ1) is 10.1. The van der Waals surface area contributed by atoms with Crippen LogP contribution in [0.4, 0.5) is 0 Å². The van der Waals surface area contributed by atoms with Crippen LogP contribution in [0, 0.1) is 0 Å². The molecular formula is C9H16O2. The molecule has 0 fully saturated rings. The van der Waals surface area contributed by atoms with Crippen molar-refractivity contribution in [2.75, 3.05) is 6.61 Å². The standard InChI is InChI=1S/C9H16O2/c1-5-10-8-7-9(3,4)11-6-2/h5-6H,1-2,7-8H2,3-4H3. The molecular weight excluding hydrogens is 140 g/mol. The second-order valence-corrected chi connectivity index (χ2v) is 2.83. The van der Waals surface area contributed by atoms with Gasteiger partial charge in [0, 0.05) is 6.42 Å². The van der Waals surface area contributed by atoms with Crippen LogP contribution in [0.25, 0.3) is 0 Å². The molecule has 2 heteroatoms. The van der Waals surface area contributed by atoms with E-state index in [-0.39, 0.29) is 5.60 Å². The summed E-state index contributed by atoms with van der Waals surface area (Å²) in [7, 11) is 0. The number of hydrogen-bond donors (Lipinski definition) is 0. The van der Waals surface area contributed by atoms with Gasteiger partial charge in [0.2, 0.25) is 0 Å². The number of hydrogen-bond acceptors (Lipinski definition) is 2. The van der Waals surface area contributed by atoms with Crippen LogP contribution in [-0.2, 0) is 9.47 Å². The summed E-state index contributed by atoms with van der Waals surface area (Å²) < 4.78 is 10.2. The van der Waals surface area contributed by atoms with Gasteiger partial charge in [0.15, 0.2) is 0 Å². The Morgan fingerprint density at radius 3 is 2.36 bits per heavy atom. The fourth-order valence-corrected chi connectivity index (χ4v) is 0.673. The summed E-state index contributed by atoms with van der Waals surface area (Å²) in [6, 6.07) is 0. The largest absolute Gasteiger partial charge is 0.502 e. The summed E-state index contributed by atoms with van der Waals surface area (Å²) in [5, 5.41) is 0. The van der Waals surface area contributed by atoms with Gasteiger partial charge in [-0.25, -0.2) is 0 Å². The molecule has 2 nitrogen and oxygen atoms in total. The van der Waals surface area contributed by atoms with Gasteiger partial charge in [-0.05, 0) is 13.8 Å². The van der Waals surface area contributed by atoms with Crippen molar-refractivity contribution >= 4 is 0 Å². The lowest BCUT2D eigenvalue weighted by atomic mass is 10.1. The van der Waals surface area contributed by atoms with E-state index in [2.05, 4.69) is 13.2 Å². The molecule has 0 aliphatic carbocycles. The van der Waals surface area contributed by atoms with Gasteiger partial charge in [-0.2, -0.15) is 0 Å². The van der Waals surface area contributed by atoms with Crippen LogP contribution >= 0.6 is 0 Å².